The maximum Gasteiger partial charge on any atom is 0.335 e. The predicted molar refractivity (Wildman–Crippen MR) is 98.2 cm³/mol. The largest absolute Gasteiger partial charge is 0.478 e. The molecule has 0 amide bonds. The van der Waals surface area contributed by atoms with Crippen LogP contribution in [0.5, 0.6) is 5.75 Å². The van der Waals surface area contributed by atoms with Crippen molar-refractivity contribution in [1.82, 2.24) is 0 Å². The highest BCUT2D eigenvalue weighted by Gasteiger charge is 2.44. The molecule has 0 radical (unpaired) electrons. The Balaban J connectivity index is 1.84. The second-order valence-electron chi connectivity index (χ2n) is 6.34. The average Bonchev–Trinajstić information content (AvgIpc) is 2.70. The lowest BCUT2D eigenvalue weighted by Crippen LogP contribution is -2.60. The fraction of sp³-hybridized carbons (Fsp3) is 0.316. The van der Waals surface area contributed by atoms with Gasteiger partial charge >= 0.3 is 5.97 Å². The Kier molecular flexibility index (Phi) is 6.19. The van der Waals surface area contributed by atoms with Crippen LogP contribution in [0.4, 0.5) is 0 Å². The van der Waals surface area contributed by atoms with E-state index in [0.29, 0.717) is 11.1 Å². The van der Waals surface area contributed by atoms with Crippen molar-refractivity contribution >= 4 is 17.6 Å². The van der Waals surface area contributed by atoms with Crippen molar-refractivity contribution in [2.75, 3.05) is 6.61 Å². The van der Waals surface area contributed by atoms with E-state index in [1.807, 2.05) is 0 Å². The Hall–Kier alpha value is -2.20. The molecule has 2 aromatic rings. The van der Waals surface area contributed by atoms with Crippen LogP contribution < -0.4 is 4.74 Å². The molecule has 0 saturated carbocycles. The summed E-state index contributed by atoms with van der Waals surface area (Å²) in [6.45, 7) is -0.575. The van der Waals surface area contributed by atoms with E-state index >= 15 is 0 Å². The Bertz CT molecular complexity index is 838. The summed E-state index contributed by atoms with van der Waals surface area (Å²) in [5, 5.41) is 48.3. The number of carbonyl (C=O) groups is 1. The third-order valence-corrected chi connectivity index (χ3v) is 4.80. The van der Waals surface area contributed by atoms with Crippen molar-refractivity contribution in [2.24, 2.45) is 0 Å². The van der Waals surface area contributed by atoms with Crippen LogP contribution in [0.25, 0.3) is 11.1 Å². The number of hydrogen-bond donors (Lipinski definition) is 5. The van der Waals surface area contributed by atoms with Crippen LogP contribution in [0, 0.1) is 0 Å². The minimum atomic E-state index is -1.57. The lowest BCUT2D eigenvalue weighted by atomic mass is 9.99. The van der Waals surface area contributed by atoms with E-state index < -0.39 is 43.3 Å². The first-order valence-electron chi connectivity index (χ1n) is 8.42. The van der Waals surface area contributed by atoms with Crippen molar-refractivity contribution in [3.05, 3.63) is 53.1 Å². The quantitative estimate of drug-likeness (QED) is 0.490. The summed E-state index contributed by atoms with van der Waals surface area (Å²) in [6, 6.07) is 11.0. The molecule has 0 unspecified atom stereocenters. The van der Waals surface area contributed by atoms with Gasteiger partial charge < -0.3 is 35.0 Å². The standard InChI is InChI=1S/C19H19ClO8/c20-12-6-5-11(9-1-3-10(4-2-9)18(25)26)7-13(12)27-19-17(24)16(23)15(22)14(8-21)28-19/h1-7,14-17,19,21-24H,8H2,(H,25,26)/t14-,15-,16+,17+,19-/m1/s1. The summed E-state index contributed by atoms with van der Waals surface area (Å²) in [6.07, 6.45) is -7.09. The van der Waals surface area contributed by atoms with Gasteiger partial charge in [0.15, 0.2) is 0 Å². The lowest BCUT2D eigenvalue weighted by molar-refractivity contribution is -0.277. The van der Waals surface area contributed by atoms with Crippen LogP contribution in [-0.4, -0.2) is 68.8 Å². The molecule has 5 atom stereocenters. The van der Waals surface area contributed by atoms with Crippen LogP contribution in [-0.2, 0) is 4.74 Å². The molecular formula is C19H19ClO8. The van der Waals surface area contributed by atoms with Gasteiger partial charge in [0.2, 0.25) is 6.29 Å². The van der Waals surface area contributed by atoms with E-state index in [9.17, 15) is 25.2 Å². The molecule has 9 heteroatoms. The third kappa shape index (κ3) is 4.12. The minimum Gasteiger partial charge on any atom is -0.478 e. The highest BCUT2D eigenvalue weighted by molar-refractivity contribution is 6.32. The van der Waals surface area contributed by atoms with Crippen LogP contribution in [0.15, 0.2) is 42.5 Å². The number of aliphatic hydroxyl groups is 4. The highest BCUT2D eigenvalue weighted by atomic mass is 35.5. The monoisotopic (exact) mass is 410 g/mol. The number of aromatic carboxylic acids is 1. The van der Waals surface area contributed by atoms with Crippen molar-refractivity contribution in [2.45, 2.75) is 30.7 Å². The van der Waals surface area contributed by atoms with Crippen molar-refractivity contribution < 1.29 is 39.8 Å². The molecule has 1 saturated heterocycles. The summed E-state index contributed by atoms with van der Waals surface area (Å²) in [7, 11) is 0. The predicted octanol–water partition coefficient (Wildman–Crippen LogP) is 0.884. The first kappa shape index (κ1) is 20.5. The van der Waals surface area contributed by atoms with Gasteiger partial charge in [0.25, 0.3) is 0 Å². The molecule has 28 heavy (non-hydrogen) atoms. The number of carboxylic acid groups (broad SMARTS) is 1. The highest BCUT2D eigenvalue weighted by Crippen LogP contribution is 2.33. The third-order valence-electron chi connectivity index (χ3n) is 4.49. The molecule has 1 fully saturated rings. The van der Waals surface area contributed by atoms with Gasteiger partial charge in [-0.2, -0.15) is 0 Å². The van der Waals surface area contributed by atoms with E-state index in [1.54, 1.807) is 30.3 Å². The summed E-state index contributed by atoms with van der Waals surface area (Å²) in [4.78, 5) is 11.0. The van der Waals surface area contributed by atoms with Gasteiger partial charge in [-0.15, -0.1) is 0 Å². The zero-order valence-corrected chi connectivity index (χ0v) is 15.2. The zero-order valence-electron chi connectivity index (χ0n) is 14.5. The second-order valence-corrected chi connectivity index (χ2v) is 6.75. The fourth-order valence-electron chi connectivity index (χ4n) is 2.87. The van der Waals surface area contributed by atoms with E-state index in [-0.39, 0.29) is 16.3 Å². The summed E-state index contributed by atoms with van der Waals surface area (Å²) >= 11 is 6.15. The molecule has 3 rings (SSSR count). The smallest absolute Gasteiger partial charge is 0.335 e. The SMILES string of the molecule is O=C(O)c1ccc(-c2ccc(Cl)c(O[C@@H]3O[C@H](CO)[C@@H](O)[C@H](O)[C@@H]3O)c2)cc1. The first-order valence-corrected chi connectivity index (χ1v) is 8.80. The maximum absolute atomic E-state index is 11.0. The summed E-state index contributed by atoms with van der Waals surface area (Å²) < 4.78 is 10.9. The Morgan fingerprint density at radius 3 is 2.25 bits per heavy atom. The van der Waals surface area contributed by atoms with Gasteiger partial charge in [0.1, 0.15) is 30.2 Å². The molecule has 5 N–H and O–H groups in total. The Labute approximate surface area is 165 Å². The van der Waals surface area contributed by atoms with Gasteiger partial charge in [-0.1, -0.05) is 29.8 Å². The molecule has 2 aromatic carbocycles. The molecule has 150 valence electrons. The minimum absolute atomic E-state index is 0.144. The maximum atomic E-state index is 11.0. The summed E-state index contributed by atoms with van der Waals surface area (Å²) in [5.41, 5.74) is 1.52. The molecule has 0 aromatic heterocycles. The van der Waals surface area contributed by atoms with E-state index in [1.165, 1.54) is 12.1 Å². The normalized spacial score (nSPS) is 27.4. The van der Waals surface area contributed by atoms with E-state index in [4.69, 9.17) is 26.2 Å². The molecule has 1 aliphatic rings. The molecule has 0 spiro atoms. The molecular weight excluding hydrogens is 392 g/mol. The van der Waals surface area contributed by atoms with Crippen molar-refractivity contribution in [3.8, 4) is 16.9 Å². The fourth-order valence-corrected chi connectivity index (χ4v) is 3.03. The molecule has 0 aliphatic carbocycles. The number of ether oxygens (including phenoxy) is 2. The topological polar surface area (TPSA) is 137 Å². The molecule has 1 heterocycles. The van der Waals surface area contributed by atoms with Crippen LogP contribution in [0.2, 0.25) is 5.02 Å². The van der Waals surface area contributed by atoms with Crippen LogP contribution in [0.1, 0.15) is 10.4 Å². The van der Waals surface area contributed by atoms with Crippen molar-refractivity contribution in [1.29, 1.82) is 0 Å². The number of halogens is 1. The summed E-state index contributed by atoms with van der Waals surface area (Å²) in [5.74, 6) is -0.889. The molecule has 8 nitrogen and oxygen atoms in total. The average molecular weight is 411 g/mol. The lowest BCUT2D eigenvalue weighted by Gasteiger charge is -2.39. The van der Waals surface area contributed by atoms with Crippen LogP contribution in [0.3, 0.4) is 0 Å². The van der Waals surface area contributed by atoms with Gasteiger partial charge in [0.05, 0.1) is 17.2 Å². The zero-order chi connectivity index (χ0) is 20.4. The number of carboxylic acids is 1. The van der Waals surface area contributed by atoms with E-state index in [0.717, 1.165) is 0 Å². The van der Waals surface area contributed by atoms with Gasteiger partial charge in [-0.05, 0) is 35.4 Å². The molecule has 0 bridgehead atoms. The number of rotatable bonds is 5. The van der Waals surface area contributed by atoms with Crippen LogP contribution >= 0.6 is 11.6 Å². The van der Waals surface area contributed by atoms with Gasteiger partial charge in [-0.3, -0.25) is 0 Å². The number of aliphatic hydroxyl groups excluding tert-OH is 4. The number of hydrogen-bond acceptors (Lipinski definition) is 7. The first-order chi connectivity index (χ1) is 13.3. The Morgan fingerprint density at radius 1 is 1.00 bits per heavy atom. The number of benzene rings is 2. The molecule has 1 aliphatic heterocycles. The van der Waals surface area contributed by atoms with Crippen molar-refractivity contribution in [3.63, 3.8) is 0 Å². The van der Waals surface area contributed by atoms with E-state index in [2.05, 4.69) is 0 Å². The second kappa shape index (κ2) is 8.44. The Morgan fingerprint density at radius 2 is 1.64 bits per heavy atom. The van der Waals surface area contributed by atoms with Gasteiger partial charge in [0, 0.05) is 0 Å². The van der Waals surface area contributed by atoms with Gasteiger partial charge in [-0.25, -0.2) is 4.79 Å².